The second-order valence-corrected chi connectivity index (χ2v) is 10.1. The minimum Gasteiger partial charge on any atom is -0.444 e. The summed E-state index contributed by atoms with van der Waals surface area (Å²) in [5.41, 5.74) is 10.9. The standard InChI is InChI=1S/C21H28ClFN6O2S/c1-20(2,3)31-19(30)28-21(12-23)7-9-29(10-8-21)15-11-26-18(17(25)27-15)32-14-6-4-5-13(24)16(14)22/h4-6,11H,7-10,12,24H2,1-3H3,(H2,25,27)(H,28,30). The Morgan fingerprint density at radius 2 is 2.03 bits per heavy atom. The lowest BCUT2D eigenvalue weighted by atomic mass is 9.89. The summed E-state index contributed by atoms with van der Waals surface area (Å²) in [5, 5.41) is 3.68. The van der Waals surface area contributed by atoms with Crippen LogP contribution in [-0.2, 0) is 4.74 Å². The summed E-state index contributed by atoms with van der Waals surface area (Å²) in [6.07, 6.45) is 1.82. The number of hydrogen-bond acceptors (Lipinski definition) is 8. The molecule has 1 aromatic heterocycles. The van der Waals surface area contributed by atoms with Crippen molar-refractivity contribution >= 4 is 46.8 Å². The molecule has 5 N–H and O–H groups in total. The molecule has 2 heterocycles. The van der Waals surface area contributed by atoms with E-state index >= 15 is 0 Å². The number of nitrogens with zero attached hydrogens (tertiary/aromatic N) is 3. The Morgan fingerprint density at radius 3 is 2.62 bits per heavy atom. The van der Waals surface area contributed by atoms with E-state index in [1.165, 1.54) is 11.8 Å². The maximum Gasteiger partial charge on any atom is 0.408 e. The van der Waals surface area contributed by atoms with E-state index in [4.69, 9.17) is 27.8 Å². The van der Waals surface area contributed by atoms with Crippen molar-refractivity contribution in [2.75, 3.05) is 36.1 Å². The maximum absolute atomic E-state index is 13.9. The van der Waals surface area contributed by atoms with Crippen LogP contribution in [0.5, 0.6) is 0 Å². The average Bonchev–Trinajstić information content (AvgIpc) is 2.72. The first-order valence-corrected chi connectivity index (χ1v) is 11.4. The average molecular weight is 483 g/mol. The number of nitrogens with one attached hydrogen (secondary N) is 1. The van der Waals surface area contributed by atoms with Gasteiger partial charge in [0.05, 0.1) is 22.4 Å². The number of benzene rings is 1. The van der Waals surface area contributed by atoms with Crippen molar-refractivity contribution in [2.24, 2.45) is 0 Å². The third-order valence-electron chi connectivity index (χ3n) is 5.02. The van der Waals surface area contributed by atoms with Gasteiger partial charge in [-0.3, -0.25) is 0 Å². The van der Waals surface area contributed by atoms with Crippen LogP contribution in [0.3, 0.4) is 0 Å². The molecule has 1 amide bonds. The number of carbonyl (C=O) groups is 1. The number of rotatable bonds is 5. The van der Waals surface area contributed by atoms with Crippen molar-refractivity contribution in [3.05, 3.63) is 29.4 Å². The molecule has 1 aliphatic rings. The van der Waals surface area contributed by atoms with Crippen LogP contribution < -0.4 is 21.7 Å². The lowest BCUT2D eigenvalue weighted by Crippen LogP contribution is -2.57. The summed E-state index contributed by atoms with van der Waals surface area (Å²) in [4.78, 5) is 23.8. The first kappa shape index (κ1) is 24.2. The highest BCUT2D eigenvalue weighted by molar-refractivity contribution is 7.99. The van der Waals surface area contributed by atoms with E-state index in [0.29, 0.717) is 47.5 Å². The molecule has 0 saturated carbocycles. The summed E-state index contributed by atoms with van der Waals surface area (Å²) in [6.45, 7) is 5.60. The predicted octanol–water partition coefficient (Wildman–Crippen LogP) is 4.28. The zero-order valence-corrected chi connectivity index (χ0v) is 19.9. The first-order valence-electron chi connectivity index (χ1n) is 10.2. The van der Waals surface area contributed by atoms with Gasteiger partial charge in [0, 0.05) is 18.0 Å². The molecular weight excluding hydrogens is 455 g/mol. The van der Waals surface area contributed by atoms with E-state index in [1.54, 1.807) is 39.1 Å². The van der Waals surface area contributed by atoms with Gasteiger partial charge in [-0.2, -0.15) is 0 Å². The van der Waals surface area contributed by atoms with Gasteiger partial charge in [-0.25, -0.2) is 19.2 Å². The second kappa shape index (κ2) is 9.58. The molecule has 0 aliphatic carbocycles. The SMILES string of the molecule is CC(C)(C)OC(=O)NC1(CF)CCN(c2cnc(Sc3cccc(N)c3Cl)c(N)n2)CC1. The predicted molar refractivity (Wildman–Crippen MR) is 126 cm³/mol. The van der Waals surface area contributed by atoms with E-state index in [9.17, 15) is 9.18 Å². The van der Waals surface area contributed by atoms with Gasteiger partial charge in [0.15, 0.2) is 5.82 Å². The summed E-state index contributed by atoms with van der Waals surface area (Å²) >= 11 is 7.53. The van der Waals surface area contributed by atoms with Crippen molar-refractivity contribution in [1.82, 2.24) is 15.3 Å². The summed E-state index contributed by atoms with van der Waals surface area (Å²) in [5.74, 6) is 0.857. The monoisotopic (exact) mass is 482 g/mol. The third kappa shape index (κ3) is 5.86. The molecule has 2 aromatic rings. The van der Waals surface area contributed by atoms with Crippen LogP contribution in [0.2, 0.25) is 5.02 Å². The summed E-state index contributed by atoms with van der Waals surface area (Å²) < 4.78 is 19.2. The van der Waals surface area contributed by atoms with Gasteiger partial charge in [-0.1, -0.05) is 29.4 Å². The Hall–Kier alpha value is -2.46. The van der Waals surface area contributed by atoms with Gasteiger partial charge in [-0.15, -0.1) is 0 Å². The van der Waals surface area contributed by atoms with Crippen LogP contribution in [0, 0.1) is 0 Å². The number of ether oxygens (including phenoxy) is 1. The molecule has 8 nitrogen and oxygen atoms in total. The van der Waals surface area contributed by atoms with E-state index in [-0.39, 0.29) is 5.82 Å². The minimum atomic E-state index is -0.961. The molecule has 1 saturated heterocycles. The van der Waals surface area contributed by atoms with Crippen molar-refractivity contribution in [3.63, 3.8) is 0 Å². The highest BCUT2D eigenvalue weighted by Gasteiger charge is 2.38. The fourth-order valence-electron chi connectivity index (χ4n) is 3.30. The molecule has 0 spiro atoms. The molecular formula is C21H28ClFN6O2S. The molecule has 1 fully saturated rings. The van der Waals surface area contributed by atoms with Crippen LogP contribution >= 0.6 is 23.4 Å². The smallest absolute Gasteiger partial charge is 0.408 e. The quantitative estimate of drug-likeness (QED) is 0.540. The molecule has 0 atom stereocenters. The van der Waals surface area contributed by atoms with Crippen LogP contribution in [0.4, 0.5) is 26.5 Å². The zero-order chi connectivity index (χ0) is 23.5. The summed E-state index contributed by atoms with van der Waals surface area (Å²) in [7, 11) is 0. The van der Waals surface area contributed by atoms with E-state index < -0.39 is 23.9 Å². The van der Waals surface area contributed by atoms with E-state index in [1.807, 2.05) is 11.0 Å². The van der Waals surface area contributed by atoms with Gasteiger partial charge in [-0.05, 0) is 45.7 Å². The van der Waals surface area contributed by atoms with E-state index in [0.717, 1.165) is 4.90 Å². The third-order valence-corrected chi connectivity index (χ3v) is 6.62. The lowest BCUT2D eigenvalue weighted by Gasteiger charge is -2.41. The lowest BCUT2D eigenvalue weighted by molar-refractivity contribution is 0.0410. The minimum absolute atomic E-state index is 0.264. The Bertz CT molecular complexity index is 979. The van der Waals surface area contributed by atoms with E-state index in [2.05, 4.69) is 15.3 Å². The van der Waals surface area contributed by atoms with Crippen molar-refractivity contribution in [3.8, 4) is 0 Å². The van der Waals surface area contributed by atoms with Crippen LogP contribution in [0.25, 0.3) is 0 Å². The number of halogens is 2. The number of alkyl halides is 1. The van der Waals surface area contributed by atoms with Gasteiger partial charge in [0.25, 0.3) is 0 Å². The molecule has 11 heteroatoms. The number of alkyl carbamates (subject to hydrolysis) is 1. The Kier molecular flexibility index (Phi) is 7.24. The Balaban J connectivity index is 1.65. The normalized spacial score (nSPS) is 16.0. The molecule has 3 rings (SSSR count). The fourth-order valence-corrected chi connectivity index (χ4v) is 4.36. The van der Waals surface area contributed by atoms with Crippen molar-refractivity contribution < 1.29 is 13.9 Å². The highest BCUT2D eigenvalue weighted by atomic mass is 35.5. The molecule has 174 valence electrons. The fraction of sp³-hybridized carbons (Fsp3) is 0.476. The number of piperidine rings is 1. The highest BCUT2D eigenvalue weighted by Crippen LogP contribution is 2.37. The number of aromatic nitrogens is 2. The zero-order valence-electron chi connectivity index (χ0n) is 18.3. The number of anilines is 3. The molecule has 0 unspecified atom stereocenters. The Morgan fingerprint density at radius 1 is 1.34 bits per heavy atom. The number of nitrogen functional groups attached to an aromatic ring is 2. The van der Waals surface area contributed by atoms with Gasteiger partial charge < -0.3 is 26.4 Å². The first-order chi connectivity index (χ1) is 15.0. The van der Waals surface area contributed by atoms with Crippen LogP contribution in [0.1, 0.15) is 33.6 Å². The number of hydrogen-bond donors (Lipinski definition) is 3. The largest absolute Gasteiger partial charge is 0.444 e. The summed E-state index contributed by atoms with van der Waals surface area (Å²) in [6, 6.07) is 5.35. The molecule has 1 aliphatic heterocycles. The molecule has 1 aromatic carbocycles. The van der Waals surface area contributed by atoms with Gasteiger partial charge >= 0.3 is 6.09 Å². The van der Waals surface area contributed by atoms with Gasteiger partial charge in [0.1, 0.15) is 23.1 Å². The van der Waals surface area contributed by atoms with Crippen molar-refractivity contribution in [1.29, 1.82) is 0 Å². The maximum atomic E-state index is 13.9. The number of amides is 1. The Labute approximate surface area is 196 Å². The second-order valence-electron chi connectivity index (χ2n) is 8.71. The van der Waals surface area contributed by atoms with Crippen LogP contribution in [-0.4, -0.2) is 47.0 Å². The van der Waals surface area contributed by atoms with Gasteiger partial charge in [0.2, 0.25) is 0 Å². The van der Waals surface area contributed by atoms with Crippen LogP contribution in [0.15, 0.2) is 34.3 Å². The topological polar surface area (TPSA) is 119 Å². The number of carbonyl (C=O) groups excluding carboxylic acids is 1. The molecule has 0 radical (unpaired) electrons. The molecule has 32 heavy (non-hydrogen) atoms. The number of nitrogens with two attached hydrogens (primary N) is 2. The van der Waals surface area contributed by atoms with Crippen molar-refractivity contribution in [2.45, 2.75) is 54.7 Å². The molecule has 0 bridgehead atoms.